The summed E-state index contributed by atoms with van der Waals surface area (Å²) in [5.74, 6) is 0.243. The van der Waals surface area contributed by atoms with Crippen LogP contribution in [0.3, 0.4) is 0 Å². The maximum atomic E-state index is 13.2. The molecule has 1 saturated heterocycles. The zero-order valence-corrected chi connectivity index (χ0v) is 17.8. The van der Waals surface area contributed by atoms with Gasteiger partial charge < -0.3 is 10.2 Å². The van der Waals surface area contributed by atoms with E-state index in [1.165, 1.54) is 16.7 Å². The molecule has 1 N–H and O–H groups in total. The minimum absolute atomic E-state index is 0. The molecule has 28 heavy (non-hydrogen) atoms. The number of aromatic nitrogens is 1. The number of nitrogens with zero attached hydrogens (tertiary/aromatic N) is 2. The van der Waals surface area contributed by atoms with Gasteiger partial charge in [-0.15, -0.1) is 12.4 Å². The number of nitrogens with one attached hydrogen (secondary N) is 1. The summed E-state index contributed by atoms with van der Waals surface area (Å²) in [6.45, 7) is 6.88. The van der Waals surface area contributed by atoms with Gasteiger partial charge in [-0.1, -0.05) is 29.8 Å². The van der Waals surface area contributed by atoms with Crippen molar-refractivity contribution in [1.82, 2.24) is 15.2 Å². The minimum Gasteiger partial charge on any atom is -0.334 e. The molecule has 1 amide bonds. The first-order valence-corrected chi connectivity index (χ1v) is 10.1. The molecule has 3 rings (SSSR count). The van der Waals surface area contributed by atoms with E-state index in [1.54, 1.807) is 0 Å². The van der Waals surface area contributed by atoms with Crippen LogP contribution in [0.5, 0.6) is 0 Å². The molecule has 1 atom stereocenters. The molecule has 2 aromatic rings. The lowest BCUT2D eigenvalue weighted by Crippen LogP contribution is -2.40. The number of amides is 1. The van der Waals surface area contributed by atoms with Gasteiger partial charge in [0.25, 0.3) is 0 Å². The Bertz CT molecular complexity index is 743. The Morgan fingerprint density at radius 3 is 2.79 bits per heavy atom. The smallest absolute Gasteiger partial charge is 0.223 e. The van der Waals surface area contributed by atoms with Crippen LogP contribution < -0.4 is 5.32 Å². The van der Waals surface area contributed by atoms with Gasteiger partial charge >= 0.3 is 0 Å². The molecule has 5 heteroatoms. The van der Waals surface area contributed by atoms with Crippen molar-refractivity contribution in [3.63, 3.8) is 0 Å². The molecule has 152 valence electrons. The second kappa shape index (κ2) is 11.2. The largest absolute Gasteiger partial charge is 0.334 e. The van der Waals surface area contributed by atoms with E-state index >= 15 is 0 Å². The highest BCUT2D eigenvalue weighted by Crippen LogP contribution is 2.19. The van der Waals surface area contributed by atoms with Gasteiger partial charge in [0.2, 0.25) is 5.91 Å². The fourth-order valence-corrected chi connectivity index (χ4v) is 3.91. The summed E-state index contributed by atoms with van der Waals surface area (Å²) in [4.78, 5) is 19.7. The van der Waals surface area contributed by atoms with Gasteiger partial charge in [0, 0.05) is 18.7 Å². The molecular formula is C23H32ClN3O. The van der Waals surface area contributed by atoms with Crippen molar-refractivity contribution < 1.29 is 4.79 Å². The maximum absolute atomic E-state index is 13.2. The Labute approximate surface area is 175 Å². The Balaban J connectivity index is 0.00000280. The van der Waals surface area contributed by atoms with E-state index in [-0.39, 0.29) is 18.3 Å². The molecule has 1 aromatic heterocycles. The Morgan fingerprint density at radius 1 is 1.18 bits per heavy atom. The second-order valence-corrected chi connectivity index (χ2v) is 7.61. The third-order valence-corrected chi connectivity index (χ3v) is 5.47. The highest BCUT2D eigenvalue weighted by Gasteiger charge is 2.25. The lowest BCUT2D eigenvalue weighted by molar-refractivity contribution is -0.134. The zero-order valence-electron chi connectivity index (χ0n) is 17.0. The zero-order chi connectivity index (χ0) is 19.1. The average Bonchev–Trinajstić information content (AvgIpc) is 2.95. The first-order valence-electron chi connectivity index (χ1n) is 10.1. The fourth-order valence-electron chi connectivity index (χ4n) is 3.91. The van der Waals surface area contributed by atoms with Crippen LogP contribution in [0, 0.1) is 13.8 Å². The van der Waals surface area contributed by atoms with Crippen LogP contribution in [0.4, 0.5) is 0 Å². The summed E-state index contributed by atoms with van der Waals surface area (Å²) < 4.78 is 0. The van der Waals surface area contributed by atoms with Crippen molar-refractivity contribution >= 4 is 18.3 Å². The molecule has 0 spiro atoms. The molecule has 0 bridgehead atoms. The van der Waals surface area contributed by atoms with Crippen LogP contribution in [0.25, 0.3) is 0 Å². The Kier molecular flexibility index (Phi) is 8.94. The van der Waals surface area contributed by atoms with E-state index in [2.05, 4.69) is 47.2 Å². The number of rotatable bonds is 6. The Hall–Kier alpha value is -1.91. The third-order valence-electron chi connectivity index (χ3n) is 5.47. The normalized spacial score (nSPS) is 16.7. The van der Waals surface area contributed by atoms with Crippen molar-refractivity contribution in [3.05, 3.63) is 65.0 Å². The number of halogens is 1. The molecule has 2 heterocycles. The third kappa shape index (κ3) is 6.32. The predicted molar refractivity (Wildman–Crippen MR) is 117 cm³/mol. The highest BCUT2D eigenvalue weighted by molar-refractivity contribution is 5.85. The molecule has 1 aliphatic heterocycles. The van der Waals surface area contributed by atoms with Crippen molar-refractivity contribution in [3.8, 4) is 0 Å². The highest BCUT2D eigenvalue weighted by atomic mass is 35.5. The number of pyridine rings is 1. The topological polar surface area (TPSA) is 45.2 Å². The van der Waals surface area contributed by atoms with Gasteiger partial charge in [-0.25, -0.2) is 0 Å². The lowest BCUT2D eigenvalue weighted by atomic mass is 10.0. The van der Waals surface area contributed by atoms with Crippen molar-refractivity contribution in [2.24, 2.45) is 0 Å². The van der Waals surface area contributed by atoms with Crippen LogP contribution in [-0.2, 0) is 17.8 Å². The van der Waals surface area contributed by atoms with Gasteiger partial charge in [0.05, 0.1) is 12.2 Å². The van der Waals surface area contributed by atoms with Crippen LogP contribution >= 0.6 is 12.4 Å². The summed E-state index contributed by atoms with van der Waals surface area (Å²) in [6, 6.07) is 12.7. The van der Waals surface area contributed by atoms with Gasteiger partial charge in [-0.05, 0) is 75.9 Å². The van der Waals surface area contributed by atoms with E-state index < -0.39 is 0 Å². The SMILES string of the molecule is Cc1ccc(CCC(=O)N(Cc2ccccn2)C2CCCNCC2)c(C)c1.Cl. The molecule has 1 fully saturated rings. The molecule has 1 unspecified atom stereocenters. The standard InChI is InChI=1S/C23H31N3O.ClH/c1-18-8-9-20(19(2)16-18)10-11-23(27)26(17-21-6-3-4-14-25-21)22-7-5-13-24-15-12-22;/h3-4,6,8-9,14,16,22,24H,5,7,10-13,15,17H2,1-2H3;1H. The quantitative estimate of drug-likeness (QED) is 0.788. The van der Waals surface area contributed by atoms with Gasteiger partial charge in [0.15, 0.2) is 0 Å². The van der Waals surface area contributed by atoms with Crippen molar-refractivity contribution in [2.75, 3.05) is 13.1 Å². The number of carbonyl (C=O) groups excluding carboxylic acids is 1. The second-order valence-electron chi connectivity index (χ2n) is 7.61. The summed E-state index contributed by atoms with van der Waals surface area (Å²) in [6.07, 6.45) is 6.36. The average molecular weight is 402 g/mol. The van der Waals surface area contributed by atoms with E-state index in [0.717, 1.165) is 44.5 Å². The van der Waals surface area contributed by atoms with E-state index in [1.807, 2.05) is 24.4 Å². The van der Waals surface area contributed by atoms with E-state index in [0.29, 0.717) is 19.0 Å². The summed E-state index contributed by atoms with van der Waals surface area (Å²) in [5.41, 5.74) is 4.78. The predicted octanol–water partition coefficient (Wildman–Crippen LogP) is 4.22. The van der Waals surface area contributed by atoms with Gasteiger partial charge in [-0.2, -0.15) is 0 Å². The molecule has 1 aromatic carbocycles. The number of hydrogen-bond donors (Lipinski definition) is 1. The minimum atomic E-state index is 0. The summed E-state index contributed by atoms with van der Waals surface area (Å²) in [5, 5.41) is 3.45. The first kappa shape index (κ1) is 22.4. The maximum Gasteiger partial charge on any atom is 0.223 e. The number of benzene rings is 1. The molecule has 0 aliphatic carbocycles. The molecule has 0 saturated carbocycles. The Morgan fingerprint density at radius 2 is 2.04 bits per heavy atom. The van der Waals surface area contributed by atoms with Gasteiger partial charge in [-0.3, -0.25) is 9.78 Å². The van der Waals surface area contributed by atoms with E-state index in [9.17, 15) is 4.79 Å². The number of carbonyl (C=O) groups is 1. The van der Waals surface area contributed by atoms with Crippen LogP contribution in [-0.4, -0.2) is 34.9 Å². The monoisotopic (exact) mass is 401 g/mol. The van der Waals surface area contributed by atoms with Gasteiger partial charge in [0.1, 0.15) is 0 Å². The van der Waals surface area contributed by atoms with E-state index in [4.69, 9.17) is 0 Å². The number of hydrogen-bond acceptors (Lipinski definition) is 3. The fraction of sp³-hybridized carbons (Fsp3) is 0.478. The molecule has 4 nitrogen and oxygen atoms in total. The first-order chi connectivity index (χ1) is 13.1. The van der Waals surface area contributed by atoms with Crippen molar-refractivity contribution in [2.45, 2.75) is 58.5 Å². The van der Waals surface area contributed by atoms with Crippen LogP contribution in [0.15, 0.2) is 42.6 Å². The number of aryl methyl sites for hydroxylation is 3. The van der Waals surface area contributed by atoms with Crippen LogP contribution in [0.2, 0.25) is 0 Å². The van der Waals surface area contributed by atoms with Crippen molar-refractivity contribution in [1.29, 1.82) is 0 Å². The lowest BCUT2D eigenvalue weighted by Gasteiger charge is -2.31. The van der Waals surface area contributed by atoms with Crippen LogP contribution in [0.1, 0.15) is 48.1 Å². The summed E-state index contributed by atoms with van der Waals surface area (Å²) >= 11 is 0. The molecular weight excluding hydrogens is 370 g/mol. The molecule has 0 radical (unpaired) electrons. The summed E-state index contributed by atoms with van der Waals surface area (Å²) in [7, 11) is 0. The molecule has 1 aliphatic rings.